The molecule has 0 radical (unpaired) electrons. The summed E-state index contributed by atoms with van der Waals surface area (Å²) in [4.78, 5) is 14.1. The number of rotatable bonds is 3. The Kier molecular flexibility index (Phi) is 3.31. The van der Waals surface area contributed by atoms with Crippen molar-refractivity contribution in [1.29, 1.82) is 0 Å². The first-order chi connectivity index (χ1) is 11.2. The molecule has 23 heavy (non-hydrogen) atoms. The fourth-order valence-corrected chi connectivity index (χ4v) is 3.63. The second-order valence-corrected chi connectivity index (χ2v) is 6.55. The van der Waals surface area contributed by atoms with Crippen molar-refractivity contribution in [1.82, 2.24) is 15.0 Å². The van der Waals surface area contributed by atoms with Crippen LogP contribution in [0.2, 0.25) is 0 Å². The highest BCUT2D eigenvalue weighted by atomic mass is 32.1. The fourth-order valence-electron chi connectivity index (χ4n) is 2.63. The van der Waals surface area contributed by atoms with E-state index in [1.807, 2.05) is 24.4 Å². The number of benzene rings is 1. The van der Waals surface area contributed by atoms with Crippen molar-refractivity contribution in [3.05, 3.63) is 52.8 Å². The van der Waals surface area contributed by atoms with Gasteiger partial charge in [0.2, 0.25) is 0 Å². The lowest BCUT2D eigenvalue weighted by molar-refractivity contribution is 1.19. The number of H-pyrrole nitrogens is 1. The number of nitrogens with one attached hydrogen (secondary N) is 2. The topological polar surface area (TPSA) is 66.0 Å². The summed E-state index contributed by atoms with van der Waals surface area (Å²) in [5.41, 5.74) is 6.40. The fraction of sp³-hybridized carbons (Fsp3) is 0.118. The Morgan fingerprint density at radius 2 is 2.09 bits per heavy atom. The van der Waals surface area contributed by atoms with Crippen molar-refractivity contribution in [2.75, 3.05) is 5.43 Å². The van der Waals surface area contributed by atoms with E-state index in [4.69, 9.17) is 0 Å². The maximum atomic E-state index is 4.35. The van der Waals surface area contributed by atoms with Crippen molar-refractivity contribution in [3.8, 4) is 0 Å². The normalized spacial score (nSPS) is 11.7. The Morgan fingerprint density at radius 1 is 1.22 bits per heavy atom. The lowest BCUT2D eigenvalue weighted by atomic mass is 10.2. The standard InChI is InChI=1S/C17H15N5S/c1-10-11(2)23-17-15(10)16(19-9-20-17)22-21-8-12-7-18-14-6-4-3-5-13(12)14/h3-9,18H,1-2H3,(H,19,20,22). The van der Waals surface area contributed by atoms with Crippen LogP contribution >= 0.6 is 11.3 Å². The zero-order valence-corrected chi connectivity index (χ0v) is 13.6. The molecule has 0 saturated carbocycles. The summed E-state index contributed by atoms with van der Waals surface area (Å²) in [6.07, 6.45) is 5.33. The molecule has 1 aromatic carbocycles. The van der Waals surface area contributed by atoms with E-state index in [1.165, 1.54) is 10.4 Å². The molecule has 0 spiro atoms. The molecule has 6 heteroatoms. The molecule has 0 fully saturated rings. The number of aromatic amines is 1. The van der Waals surface area contributed by atoms with Crippen molar-refractivity contribution < 1.29 is 0 Å². The molecule has 4 rings (SSSR count). The smallest absolute Gasteiger partial charge is 0.158 e. The van der Waals surface area contributed by atoms with Crippen LogP contribution in [-0.2, 0) is 0 Å². The van der Waals surface area contributed by atoms with Gasteiger partial charge in [-0.3, -0.25) is 5.43 Å². The number of para-hydroxylation sites is 1. The van der Waals surface area contributed by atoms with Gasteiger partial charge < -0.3 is 4.98 Å². The number of aromatic nitrogens is 3. The molecule has 0 unspecified atom stereocenters. The van der Waals surface area contributed by atoms with E-state index in [1.54, 1.807) is 23.9 Å². The van der Waals surface area contributed by atoms with Gasteiger partial charge in [0, 0.05) is 27.5 Å². The molecule has 0 aliphatic rings. The van der Waals surface area contributed by atoms with Crippen LogP contribution in [0.1, 0.15) is 16.0 Å². The minimum Gasteiger partial charge on any atom is -0.361 e. The third-order valence-corrected chi connectivity index (χ3v) is 5.08. The minimum atomic E-state index is 0.743. The Labute approximate surface area is 137 Å². The molecule has 3 heterocycles. The van der Waals surface area contributed by atoms with Crippen LogP contribution in [0.15, 0.2) is 41.9 Å². The van der Waals surface area contributed by atoms with Gasteiger partial charge in [-0.1, -0.05) is 18.2 Å². The second-order valence-electron chi connectivity index (χ2n) is 5.35. The summed E-state index contributed by atoms with van der Waals surface area (Å²) in [5.74, 6) is 0.743. The summed E-state index contributed by atoms with van der Waals surface area (Å²) < 4.78 is 0. The van der Waals surface area contributed by atoms with Crippen molar-refractivity contribution in [3.63, 3.8) is 0 Å². The lowest BCUT2D eigenvalue weighted by Gasteiger charge is -2.01. The summed E-state index contributed by atoms with van der Waals surface area (Å²) >= 11 is 1.68. The highest BCUT2D eigenvalue weighted by molar-refractivity contribution is 7.18. The average molecular weight is 321 g/mol. The number of hydrogen-bond acceptors (Lipinski definition) is 5. The highest BCUT2D eigenvalue weighted by Gasteiger charge is 2.11. The van der Waals surface area contributed by atoms with Crippen molar-refractivity contribution in [2.45, 2.75) is 13.8 Å². The third-order valence-electron chi connectivity index (χ3n) is 3.96. The van der Waals surface area contributed by atoms with Crippen LogP contribution in [0.3, 0.4) is 0 Å². The summed E-state index contributed by atoms with van der Waals surface area (Å²) in [7, 11) is 0. The SMILES string of the molecule is Cc1sc2ncnc(NN=Cc3c[nH]c4ccccc34)c2c1C. The van der Waals surface area contributed by atoms with Gasteiger partial charge in [-0.2, -0.15) is 5.10 Å². The third kappa shape index (κ3) is 2.37. The zero-order valence-electron chi connectivity index (χ0n) is 12.8. The van der Waals surface area contributed by atoms with Crippen LogP contribution in [0.5, 0.6) is 0 Å². The highest BCUT2D eigenvalue weighted by Crippen LogP contribution is 2.32. The Bertz CT molecular complexity index is 1030. The zero-order chi connectivity index (χ0) is 15.8. The average Bonchev–Trinajstić information content (AvgIpc) is 3.10. The van der Waals surface area contributed by atoms with Crippen LogP contribution in [0.25, 0.3) is 21.1 Å². The molecule has 0 bridgehead atoms. The molecule has 0 atom stereocenters. The predicted molar refractivity (Wildman–Crippen MR) is 96.4 cm³/mol. The quantitative estimate of drug-likeness (QED) is 0.438. The first kappa shape index (κ1) is 13.9. The van der Waals surface area contributed by atoms with E-state index < -0.39 is 0 Å². The molecule has 0 amide bonds. The van der Waals surface area contributed by atoms with Crippen LogP contribution in [0, 0.1) is 13.8 Å². The molecule has 0 aliphatic heterocycles. The largest absolute Gasteiger partial charge is 0.361 e. The molecule has 0 saturated heterocycles. The van der Waals surface area contributed by atoms with Gasteiger partial charge in [0.1, 0.15) is 11.2 Å². The van der Waals surface area contributed by atoms with E-state index in [0.717, 1.165) is 32.5 Å². The summed E-state index contributed by atoms with van der Waals surface area (Å²) in [6, 6.07) is 8.15. The molecular weight excluding hydrogens is 306 g/mol. The van der Waals surface area contributed by atoms with Crippen LogP contribution in [0.4, 0.5) is 5.82 Å². The van der Waals surface area contributed by atoms with Gasteiger partial charge in [-0.25, -0.2) is 9.97 Å². The second kappa shape index (κ2) is 5.48. The van der Waals surface area contributed by atoms with Crippen molar-refractivity contribution >= 4 is 44.5 Å². The van der Waals surface area contributed by atoms with Crippen LogP contribution < -0.4 is 5.43 Å². The van der Waals surface area contributed by atoms with Gasteiger partial charge in [0.25, 0.3) is 0 Å². The van der Waals surface area contributed by atoms with E-state index in [9.17, 15) is 0 Å². The molecule has 2 N–H and O–H groups in total. The van der Waals surface area contributed by atoms with Gasteiger partial charge in [-0.05, 0) is 25.5 Å². The lowest BCUT2D eigenvalue weighted by Crippen LogP contribution is -1.95. The first-order valence-electron chi connectivity index (χ1n) is 7.30. The molecule has 114 valence electrons. The summed E-state index contributed by atoms with van der Waals surface area (Å²) in [6.45, 7) is 4.19. The Balaban J connectivity index is 1.67. The Hall–Kier alpha value is -2.73. The predicted octanol–water partition coefficient (Wildman–Crippen LogP) is 4.24. The monoisotopic (exact) mass is 321 g/mol. The van der Waals surface area contributed by atoms with Gasteiger partial charge in [0.15, 0.2) is 5.82 Å². The van der Waals surface area contributed by atoms with E-state index in [2.05, 4.69) is 45.4 Å². The molecule has 0 aliphatic carbocycles. The van der Waals surface area contributed by atoms with Crippen LogP contribution in [-0.4, -0.2) is 21.2 Å². The van der Waals surface area contributed by atoms with Gasteiger partial charge >= 0.3 is 0 Å². The number of nitrogens with zero attached hydrogens (tertiary/aromatic N) is 3. The van der Waals surface area contributed by atoms with E-state index >= 15 is 0 Å². The first-order valence-corrected chi connectivity index (χ1v) is 8.11. The minimum absolute atomic E-state index is 0.743. The molecular formula is C17H15N5S. The van der Waals surface area contributed by atoms with Crippen molar-refractivity contribution in [2.24, 2.45) is 5.10 Å². The number of anilines is 1. The number of hydrazone groups is 1. The summed E-state index contributed by atoms with van der Waals surface area (Å²) in [5, 5.41) is 6.55. The molecule has 4 aromatic rings. The van der Waals surface area contributed by atoms with E-state index in [0.29, 0.717) is 0 Å². The van der Waals surface area contributed by atoms with E-state index in [-0.39, 0.29) is 0 Å². The maximum Gasteiger partial charge on any atom is 0.158 e. The number of aryl methyl sites for hydroxylation is 2. The maximum absolute atomic E-state index is 4.35. The number of fused-ring (bicyclic) bond motifs is 2. The number of hydrogen-bond donors (Lipinski definition) is 2. The van der Waals surface area contributed by atoms with Gasteiger partial charge in [-0.15, -0.1) is 11.3 Å². The molecule has 5 nitrogen and oxygen atoms in total. The van der Waals surface area contributed by atoms with Gasteiger partial charge in [0.05, 0.1) is 11.6 Å². The Morgan fingerprint density at radius 3 is 3.00 bits per heavy atom. The number of thiophene rings is 1. The molecule has 3 aromatic heterocycles.